The van der Waals surface area contributed by atoms with E-state index in [1.54, 1.807) is 19.2 Å². The Bertz CT molecular complexity index is 2680. The second-order valence-corrected chi connectivity index (χ2v) is 18.9. The van der Waals surface area contributed by atoms with Crippen LogP contribution in [0.3, 0.4) is 0 Å². The molecule has 63 heavy (non-hydrogen) atoms. The molecule has 324 valence electrons. The van der Waals surface area contributed by atoms with E-state index in [0.717, 1.165) is 57.4 Å². The standard InChI is InChI=1S/C55H52F3I2NO2/c1-34(2)27-42-30-47(46(28-37-19-23-43(56)24-20-37)38-21-17-35(3)49(59)31-38)53(40-22-18-36(4)50(60)32-40)54(55(42)58)52(45-14-7-8-15-48(45)57)39-12-10-13-44(29-39)63-26-25-61-33-41-11-6-9-16-51(41)62-5/h6-24,29-32,34,46,52,61H,25-28,33H2,1-5H3. The number of hydrogen-bond acceptors (Lipinski definition) is 3. The highest BCUT2D eigenvalue weighted by Gasteiger charge is 2.33. The van der Waals surface area contributed by atoms with E-state index < -0.39 is 11.7 Å². The van der Waals surface area contributed by atoms with E-state index in [2.05, 4.69) is 121 Å². The van der Waals surface area contributed by atoms with Gasteiger partial charge in [-0.3, -0.25) is 0 Å². The van der Waals surface area contributed by atoms with Crippen LogP contribution in [0.4, 0.5) is 13.2 Å². The number of benzene rings is 7. The lowest BCUT2D eigenvalue weighted by atomic mass is 9.73. The lowest BCUT2D eigenvalue weighted by molar-refractivity contribution is 0.312. The van der Waals surface area contributed by atoms with Crippen molar-refractivity contribution < 1.29 is 22.6 Å². The fraction of sp³-hybridized carbons (Fsp3) is 0.236. The van der Waals surface area contributed by atoms with Gasteiger partial charge < -0.3 is 14.8 Å². The summed E-state index contributed by atoms with van der Waals surface area (Å²) in [5.74, 6) is -0.667. The zero-order valence-corrected chi connectivity index (χ0v) is 40.6. The second-order valence-electron chi connectivity index (χ2n) is 16.5. The monoisotopic (exact) mass is 1070 g/mol. The molecular weight excluding hydrogens is 1020 g/mol. The summed E-state index contributed by atoms with van der Waals surface area (Å²) < 4.78 is 63.3. The van der Waals surface area contributed by atoms with Crippen LogP contribution in [-0.2, 0) is 19.4 Å². The van der Waals surface area contributed by atoms with Crippen LogP contribution in [0.2, 0.25) is 0 Å². The highest BCUT2D eigenvalue weighted by atomic mass is 127. The van der Waals surface area contributed by atoms with Crippen LogP contribution in [0, 0.1) is 44.4 Å². The smallest absolute Gasteiger partial charge is 0.131 e. The Labute approximate surface area is 397 Å². The van der Waals surface area contributed by atoms with Crippen molar-refractivity contribution in [2.24, 2.45) is 5.92 Å². The molecule has 0 spiro atoms. The number of rotatable bonds is 17. The van der Waals surface area contributed by atoms with Gasteiger partial charge in [0.05, 0.1) is 7.11 Å². The minimum Gasteiger partial charge on any atom is -0.496 e. The summed E-state index contributed by atoms with van der Waals surface area (Å²) in [4.78, 5) is 0. The Morgan fingerprint density at radius 3 is 2.08 bits per heavy atom. The highest BCUT2D eigenvalue weighted by molar-refractivity contribution is 14.1. The van der Waals surface area contributed by atoms with Gasteiger partial charge in [-0.05, 0) is 182 Å². The first-order chi connectivity index (χ1) is 30.4. The Balaban J connectivity index is 1.44. The number of para-hydroxylation sites is 1. The molecule has 0 aromatic heterocycles. The lowest BCUT2D eigenvalue weighted by Crippen LogP contribution is -2.21. The van der Waals surface area contributed by atoms with Gasteiger partial charge in [-0.15, -0.1) is 0 Å². The maximum Gasteiger partial charge on any atom is 0.131 e. The molecule has 0 aliphatic rings. The topological polar surface area (TPSA) is 30.5 Å². The van der Waals surface area contributed by atoms with E-state index in [4.69, 9.17) is 9.47 Å². The van der Waals surface area contributed by atoms with Gasteiger partial charge in [-0.1, -0.05) is 105 Å². The summed E-state index contributed by atoms with van der Waals surface area (Å²) in [6.07, 6.45) is 1.00. The lowest BCUT2D eigenvalue weighted by Gasteiger charge is -2.30. The average Bonchev–Trinajstić information content (AvgIpc) is 3.27. The first-order valence-electron chi connectivity index (χ1n) is 21.3. The summed E-state index contributed by atoms with van der Waals surface area (Å²) in [5, 5.41) is 3.44. The Kier molecular flexibility index (Phi) is 15.7. The predicted molar refractivity (Wildman–Crippen MR) is 268 cm³/mol. The van der Waals surface area contributed by atoms with Crippen LogP contribution >= 0.6 is 45.2 Å². The van der Waals surface area contributed by atoms with E-state index in [-0.39, 0.29) is 23.5 Å². The molecule has 0 aliphatic carbocycles. The average molecular weight is 1070 g/mol. The van der Waals surface area contributed by atoms with Crippen molar-refractivity contribution in [3.05, 3.63) is 220 Å². The zero-order chi connectivity index (χ0) is 44.6. The summed E-state index contributed by atoms with van der Waals surface area (Å²) in [6, 6.07) is 43.7. The molecule has 0 aliphatic heterocycles. The first-order valence-corrected chi connectivity index (χ1v) is 23.5. The summed E-state index contributed by atoms with van der Waals surface area (Å²) >= 11 is 4.73. The molecule has 0 amide bonds. The van der Waals surface area contributed by atoms with Crippen LogP contribution in [0.25, 0.3) is 11.1 Å². The number of halogens is 5. The number of ether oxygens (including phenoxy) is 2. The molecular formula is C55H52F3I2NO2. The molecule has 2 unspecified atom stereocenters. The SMILES string of the molecule is COc1ccccc1CNCCOc1cccc(C(c2ccccc2F)c2c(F)c(CC(C)C)cc(C(Cc3ccc(F)cc3)c3ccc(C)c(I)c3)c2-c2ccc(C)c(I)c2)c1. The fourth-order valence-corrected chi connectivity index (χ4v) is 9.42. The number of methoxy groups -OCH3 is 1. The van der Waals surface area contributed by atoms with E-state index in [1.807, 2.05) is 66.7 Å². The van der Waals surface area contributed by atoms with Crippen molar-refractivity contribution in [2.45, 2.75) is 58.9 Å². The maximum absolute atomic E-state index is 18.3. The fourth-order valence-electron chi connectivity index (χ4n) is 8.36. The quantitative estimate of drug-likeness (QED) is 0.0560. The van der Waals surface area contributed by atoms with Crippen LogP contribution < -0.4 is 14.8 Å². The molecule has 0 heterocycles. The Morgan fingerprint density at radius 2 is 1.37 bits per heavy atom. The molecule has 7 aromatic carbocycles. The van der Waals surface area contributed by atoms with Gasteiger partial charge >= 0.3 is 0 Å². The van der Waals surface area contributed by atoms with Crippen molar-refractivity contribution in [2.75, 3.05) is 20.3 Å². The molecule has 7 aromatic rings. The summed E-state index contributed by atoms with van der Waals surface area (Å²) in [5.41, 5.74) is 9.85. The molecule has 0 bridgehead atoms. The third-order valence-electron chi connectivity index (χ3n) is 11.6. The van der Waals surface area contributed by atoms with Crippen molar-refractivity contribution in [3.8, 4) is 22.6 Å². The highest BCUT2D eigenvalue weighted by Crippen LogP contribution is 2.48. The van der Waals surface area contributed by atoms with Crippen LogP contribution in [-0.4, -0.2) is 20.3 Å². The minimum atomic E-state index is -0.858. The Hall–Kier alpha value is -4.65. The number of hydrogen-bond donors (Lipinski definition) is 1. The van der Waals surface area contributed by atoms with E-state index >= 15 is 8.78 Å². The third-order valence-corrected chi connectivity index (χ3v) is 13.9. The summed E-state index contributed by atoms with van der Waals surface area (Å²) in [6.45, 7) is 9.89. The van der Waals surface area contributed by atoms with Crippen molar-refractivity contribution >= 4 is 45.2 Å². The molecule has 0 saturated carbocycles. The number of aryl methyl sites for hydroxylation is 2. The first kappa shape index (κ1) is 46.3. The number of nitrogens with one attached hydrogen (secondary N) is 1. The molecule has 2 atom stereocenters. The van der Waals surface area contributed by atoms with Crippen LogP contribution in [0.15, 0.2) is 140 Å². The second kappa shape index (κ2) is 21.4. The van der Waals surface area contributed by atoms with E-state index in [1.165, 1.54) is 18.2 Å². The van der Waals surface area contributed by atoms with Crippen molar-refractivity contribution in [1.29, 1.82) is 0 Å². The molecule has 8 heteroatoms. The van der Waals surface area contributed by atoms with Gasteiger partial charge in [-0.25, -0.2) is 13.2 Å². The summed E-state index contributed by atoms with van der Waals surface area (Å²) in [7, 11) is 1.66. The van der Waals surface area contributed by atoms with Gasteiger partial charge in [0.1, 0.15) is 35.6 Å². The van der Waals surface area contributed by atoms with E-state index in [0.29, 0.717) is 60.5 Å². The van der Waals surface area contributed by atoms with Gasteiger partial charge in [-0.2, -0.15) is 0 Å². The molecule has 7 rings (SSSR count). The van der Waals surface area contributed by atoms with Gasteiger partial charge in [0.15, 0.2) is 0 Å². The largest absolute Gasteiger partial charge is 0.496 e. The minimum absolute atomic E-state index is 0.127. The van der Waals surface area contributed by atoms with Gasteiger partial charge in [0.2, 0.25) is 0 Å². The third kappa shape index (κ3) is 11.2. The molecule has 3 nitrogen and oxygen atoms in total. The van der Waals surface area contributed by atoms with Gasteiger partial charge in [0, 0.05) is 43.2 Å². The van der Waals surface area contributed by atoms with Crippen LogP contribution in [0.1, 0.15) is 81.3 Å². The van der Waals surface area contributed by atoms with Crippen LogP contribution in [0.5, 0.6) is 11.5 Å². The molecule has 0 radical (unpaired) electrons. The predicted octanol–water partition coefficient (Wildman–Crippen LogP) is 14.5. The van der Waals surface area contributed by atoms with E-state index in [9.17, 15) is 4.39 Å². The van der Waals surface area contributed by atoms with Gasteiger partial charge in [0.25, 0.3) is 0 Å². The van der Waals surface area contributed by atoms with Crippen molar-refractivity contribution in [3.63, 3.8) is 0 Å². The maximum atomic E-state index is 18.3. The normalized spacial score (nSPS) is 12.4. The molecule has 0 saturated heterocycles. The molecule has 0 fully saturated rings. The zero-order valence-electron chi connectivity index (χ0n) is 36.3. The Morgan fingerprint density at radius 1 is 0.651 bits per heavy atom. The molecule has 1 N–H and O–H groups in total. The van der Waals surface area contributed by atoms with Crippen molar-refractivity contribution in [1.82, 2.24) is 5.32 Å².